The second kappa shape index (κ2) is 9.67. The van der Waals surface area contributed by atoms with Crippen molar-refractivity contribution in [3.63, 3.8) is 0 Å². The smallest absolute Gasteiger partial charge is 0.0205 e. The second-order valence-corrected chi connectivity index (χ2v) is 5.49. The zero-order valence-corrected chi connectivity index (χ0v) is 12.4. The van der Waals surface area contributed by atoms with Gasteiger partial charge in [-0.15, -0.1) is 0 Å². The number of rotatable bonds is 9. The van der Waals surface area contributed by atoms with Crippen LogP contribution in [0.2, 0.25) is 0 Å². The van der Waals surface area contributed by atoms with E-state index >= 15 is 0 Å². The standard InChI is InChI=1S/C15H24BrN/c1-2-3-4-5-6-7-11-17-13-14-9-8-10-15(16)12-14/h8-10,12,17H,2-7,11,13H2,1H3. The van der Waals surface area contributed by atoms with Crippen LogP contribution in [-0.4, -0.2) is 6.54 Å². The average Bonchev–Trinajstić information content (AvgIpc) is 2.33. The maximum atomic E-state index is 3.50. The van der Waals surface area contributed by atoms with E-state index in [1.807, 2.05) is 0 Å². The summed E-state index contributed by atoms with van der Waals surface area (Å²) < 4.78 is 1.16. The Kier molecular flexibility index (Phi) is 8.37. The van der Waals surface area contributed by atoms with Crippen molar-refractivity contribution in [1.82, 2.24) is 5.32 Å². The highest BCUT2D eigenvalue weighted by molar-refractivity contribution is 9.10. The molecular weight excluding hydrogens is 274 g/mol. The third kappa shape index (κ3) is 7.56. The molecule has 0 aliphatic carbocycles. The molecule has 0 atom stereocenters. The number of nitrogens with one attached hydrogen (secondary N) is 1. The summed E-state index contributed by atoms with van der Waals surface area (Å²) in [6.07, 6.45) is 8.20. The summed E-state index contributed by atoms with van der Waals surface area (Å²) in [7, 11) is 0. The van der Waals surface area contributed by atoms with E-state index in [-0.39, 0.29) is 0 Å². The predicted octanol–water partition coefficient (Wildman–Crippen LogP) is 4.90. The van der Waals surface area contributed by atoms with Crippen LogP contribution in [0, 0.1) is 0 Å². The van der Waals surface area contributed by atoms with Gasteiger partial charge in [-0.05, 0) is 30.7 Å². The van der Waals surface area contributed by atoms with Gasteiger partial charge >= 0.3 is 0 Å². The number of hydrogen-bond acceptors (Lipinski definition) is 1. The predicted molar refractivity (Wildman–Crippen MR) is 79.2 cm³/mol. The monoisotopic (exact) mass is 297 g/mol. The van der Waals surface area contributed by atoms with Crippen LogP contribution in [0.3, 0.4) is 0 Å². The normalized spacial score (nSPS) is 10.7. The highest BCUT2D eigenvalue weighted by Crippen LogP contribution is 2.11. The number of hydrogen-bond donors (Lipinski definition) is 1. The van der Waals surface area contributed by atoms with Crippen molar-refractivity contribution < 1.29 is 0 Å². The summed E-state index contributed by atoms with van der Waals surface area (Å²) in [4.78, 5) is 0. The van der Waals surface area contributed by atoms with E-state index in [1.54, 1.807) is 0 Å². The van der Waals surface area contributed by atoms with Crippen molar-refractivity contribution in [3.05, 3.63) is 34.3 Å². The molecule has 0 aromatic heterocycles. The van der Waals surface area contributed by atoms with Crippen LogP contribution in [0.15, 0.2) is 28.7 Å². The Morgan fingerprint density at radius 1 is 1.06 bits per heavy atom. The molecule has 2 heteroatoms. The lowest BCUT2D eigenvalue weighted by molar-refractivity contribution is 0.572. The fourth-order valence-corrected chi connectivity index (χ4v) is 2.36. The molecule has 1 aromatic rings. The molecule has 0 saturated heterocycles. The number of unbranched alkanes of at least 4 members (excludes halogenated alkanes) is 5. The van der Waals surface area contributed by atoms with Crippen molar-refractivity contribution >= 4 is 15.9 Å². The lowest BCUT2D eigenvalue weighted by Gasteiger charge is -2.05. The number of halogens is 1. The minimum Gasteiger partial charge on any atom is -0.313 e. The molecule has 17 heavy (non-hydrogen) atoms. The van der Waals surface area contributed by atoms with Gasteiger partial charge in [-0.3, -0.25) is 0 Å². The highest BCUT2D eigenvalue weighted by atomic mass is 79.9. The van der Waals surface area contributed by atoms with Gasteiger partial charge in [0.1, 0.15) is 0 Å². The van der Waals surface area contributed by atoms with Crippen LogP contribution in [0.25, 0.3) is 0 Å². The summed E-state index contributed by atoms with van der Waals surface area (Å²) >= 11 is 3.49. The Bertz CT molecular complexity index is 299. The first-order valence-corrected chi connectivity index (χ1v) is 7.57. The Morgan fingerprint density at radius 3 is 2.59 bits per heavy atom. The molecule has 1 aromatic carbocycles. The van der Waals surface area contributed by atoms with Crippen molar-refractivity contribution in [2.24, 2.45) is 0 Å². The molecule has 1 rings (SSSR count). The first-order valence-electron chi connectivity index (χ1n) is 6.78. The van der Waals surface area contributed by atoms with Gasteiger partial charge in [-0.2, -0.15) is 0 Å². The van der Waals surface area contributed by atoms with E-state index in [9.17, 15) is 0 Å². The quantitative estimate of drug-likeness (QED) is 0.639. The van der Waals surface area contributed by atoms with Crippen LogP contribution in [-0.2, 0) is 6.54 Å². The summed E-state index contributed by atoms with van der Waals surface area (Å²) in [5.74, 6) is 0. The molecule has 0 fully saturated rings. The molecule has 1 nitrogen and oxygen atoms in total. The van der Waals surface area contributed by atoms with Crippen LogP contribution < -0.4 is 5.32 Å². The molecule has 0 aliphatic rings. The second-order valence-electron chi connectivity index (χ2n) is 4.57. The van der Waals surface area contributed by atoms with Crippen molar-refractivity contribution in [2.45, 2.75) is 52.0 Å². The van der Waals surface area contributed by atoms with E-state index in [4.69, 9.17) is 0 Å². The maximum Gasteiger partial charge on any atom is 0.0205 e. The Morgan fingerprint density at radius 2 is 1.82 bits per heavy atom. The van der Waals surface area contributed by atoms with Crippen LogP contribution >= 0.6 is 15.9 Å². The van der Waals surface area contributed by atoms with Gasteiger partial charge in [0.05, 0.1) is 0 Å². The fourth-order valence-electron chi connectivity index (χ4n) is 1.91. The van der Waals surface area contributed by atoms with Gasteiger partial charge in [0.25, 0.3) is 0 Å². The lowest BCUT2D eigenvalue weighted by Crippen LogP contribution is -2.14. The van der Waals surface area contributed by atoms with Gasteiger partial charge < -0.3 is 5.32 Å². The van der Waals surface area contributed by atoms with Crippen LogP contribution in [0.1, 0.15) is 51.0 Å². The molecule has 96 valence electrons. The van der Waals surface area contributed by atoms with Crippen LogP contribution in [0.4, 0.5) is 0 Å². The molecule has 0 radical (unpaired) electrons. The first kappa shape index (κ1) is 14.7. The van der Waals surface area contributed by atoms with E-state index in [0.29, 0.717) is 0 Å². The average molecular weight is 298 g/mol. The Labute approximate surface area is 114 Å². The van der Waals surface area contributed by atoms with E-state index in [0.717, 1.165) is 17.6 Å². The topological polar surface area (TPSA) is 12.0 Å². The minimum absolute atomic E-state index is 0.981. The van der Waals surface area contributed by atoms with Gasteiger partial charge in [0.2, 0.25) is 0 Å². The van der Waals surface area contributed by atoms with Crippen molar-refractivity contribution in [2.75, 3.05) is 6.54 Å². The zero-order valence-electron chi connectivity index (χ0n) is 10.8. The molecule has 0 aliphatic heterocycles. The van der Waals surface area contributed by atoms with Gasteiger partial charge in [0.15, 0.2) is 0 Å². The third-order valence-corrected chi connectivity index (χ3v) is 3.42. The van der Waals surface area contributed by atoms with Gasteiger partial charge in [-0.1, -0.05) is 67.1 Å². The van der Waals surface area contributed by atoms with Crippen molar-refractivity contribution in [1.29, 1.82) is 0 Å². The molecule has 0 spiro atoms. The van der Waals surface area contributed by atoms with E-state index < -0.39 is 0 Å². The summed E-state index contributed by atoms with van der Waals surface area (Å²) in [6, 6.07) is 8.50. The molecule has 0 saturated carbocycles. The Balaban J connectivity index is 1.97. The first-order chi connectivity index (χ1) is 8.33. The summed E-state index contributed by atoms with van der Waals surface area (Å²) in [6.45, 7) is 4.38. The van der Waals surface area contributed by atoms with Crippen LogP contribution in [0.5, 0.6) is 0 Å². The Hall–Kier alpha value is -0.340. The lowest BCUT2D eigenvalue weighted by atomic mass is 10.1. The molecule has 0 bridgehead atoms. The zero-order chi connectivity index (χ0) is 12.3. The largest absolute Gasteiger partial charge is 0.313 e. The SMILES string of the molecule is CCCCCCCCNCc1cccc(Br)c1. The molecular formula is C15H24BrN. The third-order valence-electron chi connectivity index (χ3n) is 2.93. The van der Waals surface area contributed by atoms with Gasteiger partial charge in [0, 0.05) is 11.0 Å². The minimum atomic E-state index is 0.981. The van der Waals surface area contributed by atoms with E-state index in [1.165, 1.54) is 44.1 Å². The molecule has 0 heterocycles. The fraction of sp³-hybridized carbons (Fsp3) is 0.600. The van der Waals surface area contributed by atoms with Gasteiger partial charge in [-0.25, -0.2) is 0 Å². The summed E-state index contributed by atoms with van der Waals surface area (Å²) in [5.41, 5.74) is 1.35. The molecule has 0 unspecified atom stereocenters. The number of benzene rings is 1. The highest BCUT2D eigenvalue weighted by Gasteiger charge is 1.94. The van der Waals surface area contributed by atoms with Crippen molar-refractivity contribution in [3.8, 4) is 0 Å². The maximum absolute atomic E-state index is 3.50. The summed E-state index contributed by atoms with van der Waals surface area (Å²) in [5, 5.41) is 3.50. The molecule has 1 N–H and O–H groups in total. The van der Waals surface area contributed by atoms with E-state index in [2.05, 4.69) is 52.4 Å². The molecule has 0 amide bonds.